The number of para-hydroxylation sites is 1. The maximum absolute atomic E-state index is 10.9. The van der Waals surface area contributed by atoms with Crippen molar-refractivity contribution in [3.8, 4) is 5.75 Å². The maximum Gasteiger partial charge on any atom is 0.124 e. The van der Waals surface area contributed by atoms with Gasteiger partial charge in [-0.2, -0.15) is 0 Å². The summed E-state index contributed by atoms with van der Waals surface area (Å²) in [6.07, 6.45) is 3.44. The molecule has 0 aliphatic carbocycles. The van der Waals surface area contributed by atoms with Crippen LogP contribution >= 0.6 is 0 Å². The van der Waals surface area contributed by atoms with E-state index in [4.69, 9.17) is 4.74 Å². The largest absolute Gasteiger partial charge is 0.489 e. The average Bonchev–Trinajstić information content (AvgIpc) is 2.33. The van der Waals surface area contributed by atoms with E-state index < -0.39 is 10.8 Å². The van der Waals surface area contributed by atoms with Crippen molar-refractivity contribution >= 4 is 10.8 Å². The SMILES string of the molecule is C=CCOc1ccccc1CNCCS(C)=O. The van der Waals surface area contributed by atoms with Gasteiger partial charge in [-0.25, -0.2) is 0 Å². The fourth-order valence-corrected chi connectivity index (χ4v) is 1.81. The summed E-state index contributed by atoms with van der Waals surface area (Å²) in [7, 11) is -0.741. The summed E-state index contributed by atoms with van der Waals surface area (Å²) < 4.78 is 16.4. The van der Waals surface area contributed by atoms with Crippen LogP contribution < -0.4 is 10.1 Å². The number of rotatable bonds is 8. The van der Waals surface area contributed by atoms with E-state index in [9.17, 15) is 4.21 Å². The van der Waals surface area contributed by atoms with Gasteiger partial charge in [0.05, 0.1) is 0 Å². The lowest BCUT2D eigenvalue weighted by atomic mass is 10.2. The number of hydrogen-bond acceptors (Lipinski definition) is 3. The highest BCUT2D eigenvalue weighted by molar-refractivity contribution is 7.84. The Hall–Kier alpha value is -1.13. The molecule has 0 amide bonds. The van der Waals surface area contributed by atoms with E-state index in [-0.39, 0.29) is 0 Å². The zero-order valence-electron chi connectivity index (χ0n) is 10.1. The quantitative estimate of drug-likeness (QED) is 0.566. The second-order valence-electron chi connectivity index (χ2n) is 3.66. The third kappa shape index (κ3) is 5.65. The molecule has 3 nitrogen and oxygen atoms in total. The van der Waals surface area contributed by atoms with E-state index in [2.05, 4.69) is 11.9 Å². The lowest BCUT2D eigenvalue weighted by Crippen LogP contribution is -2.20. The van der Waals surface area contributed by atoms with Crippen LogP contribution in [-0.2, 0) is 17.3 Å². The lowest BCUT2D eigenvalue weighted by molar-refractivity contribution is 0.358. The van der Waals surface area contributed by atoms with Crippen LogP contribution in [-0.4, -0.2) is 29.4 Å². The first kappa shape index (κ1) is 13.9. The van der Waals surface area contributed by atoms with Gasteiger partial charge in [0.1, 0.15) is 12.4 Å². The first-order chi connectivity index (χ1) is 8.24. The summed E-state index contributed by atoms with van der Waals surface area (Å²) in [6.45, 7) is 5.61. The average molecular weight is 253 g/mol. The Morgan fingerprint density at radius 2 is 2.24 bits per heavy atom. The molecule has 0 radical (unpaired) electrons. The van der Waals surface area contributed by atoms with Gasteiger partial charge in [0.15, 0.2) is 0 Å². The Labute approximate surface area is 105 Å². The van der Waals surface area contributed by atoms with Gasteiger partial charge in [-0.3, -0.25) is 4.21 Å². The van der Waals surface area contributed by atoms with Crippen molar-refractivity contribution in [1.29, 1.82) is 0 Å². The van der Waals surface area contributed by atoms with Crippen LogP contribution in [0, 0.1) is 0 Å². The molecule has 0 fully saturated rings. The smallest absolute Gasteiger partial charge is 0.124 e. The normalized spacial score (nSPS) is 12.1. The van der Waals surface area contributed by atoms with Crippen molar-refractivity contribution in [1.82, 2.24) is 5.32 Å². The summed E-state index contributed by atoms with van der Waals surface area (Å²) in [6, 6.07) is 7.89. The predicted molar refractivity (Wildman–Crippen MR) is 72.8 cm³/mol. The zero-order chi connectivity index (χ0) is 12.5. The van der Waals surface area contributed by atoms with E-state index in [1.807, 2.05) is 24.3 Å². The van der Waals surface area contributed by atoms with Gasteiger partial charge in [-0.1, -0.05) is 30.9 Å². The van der Waals surface area contributed by atoms with Crippen LogP contribution in [0.15, 0.2) is 36.9 Å². The Balaban J connectivity index is 2.45. The van der Waals surface area contributed by atoms with Gasteiger partial charge >= 0.3 is 0 Å². The molecule has 0 heterocycles. The molecule has 0 aromatic heterocycles. The van der Waals surface area contributed by atoms with Crippen LogP contribution in [0.5, 0.6) is 5.75 Å². The second-order valence-corrected chi connectivity index (χ2v) is 5.22. The molecule has 94 valence electrons. The molecule has 0 aliphatic heterocycles. The molecule has 1 atom stereocenters. The number of hydrogen-bond donors (Lipinski definition) is 1. The van der Waals surface area contributed by atoms with Gasteiger partial charge in [0, 0.05) is 41.5 Å². The van der Waals surface area contributed by atoms with Crippen molar-refractivity contribution in [2.45, 2.75) is 6.54 Å². The molecule has 0 aliphatic rings. The van der Waals surface area contributed by atoms with Crippen LogP contribution in [0.1, 0.15) is 5.56 Å². The Morgan fingerprint density at radius 3 is 2.94 bits per heavy atom. The van der Waals surface area contributed by atoms with E-state index >= 15 is 0 Å². The molecular formula is C13H19NO2S. The molecular weight excluding hydrogens is 234 g/mol. The topological polar surface area (TPSA) is 38.3 Å². The van der Waals surface area contributed by atoms with E-state index in [0.29, 0.717) is 12.4 Å². The maximum atomic E-state index is 10.9. The van der Waals surface area contributed by atoms with Crippen molar-refractivity contribution in [3.05, 3.63) is 42.5 Å². The van der Waals surface area contributed by atoms with Crippen molar-refractivity contribution in [3.63, 3.8) is 0 Å². The Kier molecular flexibility index (Phi) is 6.58. The molecule has 0 saturated carbocycles. The third-order valence-electron chi connectivity index (χ3n) is 2.21. The first-order valence-corrected chi connectivity index (χ1v) is 7.29. The zero-order valence-corrected chi connectivity index (χ0v) is 11.0. The van der Waals surface area contributed by atoms with Crippen LogP contribution in [0.25, 0.3) is 0 Å². The van der Waals surface area contributed by atoms with Gasteiger partial charge in [0.2, 0.25) is 0 Å². The third-order valence-corrected chi connectivity index (χ3v) is 2.99. The highest BCUT2D eigenvalue weighted by Crippen LogP contribution is 2.17. The Bertz CT molecular complexity index is 379. The minimum atomic E-state index is -0.741. The van der Waals surface area contributed by atoms with Crippen LogP contribution in [0.3, 0.4) is 0 Å². The minimum Gasteiger partial charge on any atom is -0.489 e. The molecule has 1 N–H and O–H groups in total. The van der Waals surface area contributed by atoms with E-state index in [1.54, 1.807) is 12.3 Å². The summed E-state index contributed by atoms with van der Waals surface area (Å²) in [5.41, 5.74) is 1.11. The fraction of sp³-hybridized carbons (Fsp3) is 0.385. The van der Waals surface area contributed by atoms with Crippen molar-refractivity contribution in [2.75, 3.05) is 25.2 Å². The second kappa shape index (κ2) is 8.03. The van der Waals surface area contributed by atoms with Gasteiger partial charge in [-0.15, -0.1) is 0 Å². The highest BCUT2D eigenvalue weighted by atomic mass is 32.2. The summed E-state index contributed by atoms with van der Waals surface area (Å²) in [5.74, 6) is 1.55. The minimum absolute atomic E-state index is 0.510. The molecule has 17 heavy (non-hydrogen) atoms. The summed E-state index contributed by atoms with van der Waals surface area (Å²) in [4.78, 5) is 0. The van der Waals surface area contributed by atoms with E-state index in [1.165, 1.54) is 0 Å². The van der Waals surface area contributed by atoms with Gasteiger partial charge in [-0.05, 0) is 6.07 Å². The fourth-order valence-electron chi connectivity index (χ4n) is 1.38. The molecule has 1 aromatic rings. The molecule has 0 spiro atoms. The lowest BCUT2D eigenvalue weighted by Gasteiger charge is -2.10. The van der Waals surface area contributed by atoms with Gasteiger partial charge < -0.3 is 10.1 Å². The summed E-state index contributed by atoms with van der Waals surface area (Å²) in [5, 5.41) is 3.25. The highest BCUT2D eigenvalue weighted by Gasteiger charge is 2.01. The summed E-state index contributed by atoms with van der Waals surface area (Å²) >= 11 is 0. The number of ether oxygens (including phenoxy) is 1. The standard InChI is InChI=1S/C13H19NO2S/c1-3-9-16-13-7-5-4-6-12(13)11-14-8-10-17(2)15/h3-7,14H,1,8-11H2,2H3. The molecule has 4 heteroatoms. The van der Waals surface area contributed by atoms with E-state index in [0.717, 1.165) is 24.4 Å². The van der Waals surface area contributed by atoms with Crippen molar-refractivity contribution < 1.29 is 8.95 Å². The Morgan fingerprint density at radius 1 is 1.47 bits per heavy atom. The predicted octanol–water partition coefficient (Wildman–Crippen LogP) is 1.72. The van der Waals surface area contributed by atoms with Gasteiger partial charge in [0.25, 0.3) is 0 Å². The van der Waals surface area contributed by atoms with Crippen LogP contribution in [0.4, 0.5) is 0 Å². The molecule has 1 aromatic carbocycles. The molecule has 0 bridgehead atoms. The molecule has 1 unspecified atom stereocenters. The molecule has 1 rings (SSSR count). The number of benzene rings is 1. The first-order valence-electron chi connectivity index (χ1n) is 5.56. The van der Waals surface area contributed by atoms with Crippen LogP contribution in [0.2, 0.25) is 0 Å². The monoisotopic (exact) mass is 253 g/mol. The van der Waals surface area contributed by atoms with Crippen molar-refractivity contribution in [2.24, 2.45) is 0 Å². The number of nitrogens with one attached hydrogen (secondary N) is 1. The molecule has 0 saturated heterocycles.